The summed E-state index contributed by atoms with van der Waals surface area (Å²) in [6.07, 6.45) is 1.31. The highest BCUT2D eigenvalue weighted by Gasteiger charge is 2.38. The number of amides is 1. The molecule has 0 saturated carbocycles. The number of methoxy groups -OCH3 is 2. The second kappa shape index (κ2) is 7.47. The van der Waals surface area contributed by atoms with Crippen molar-refractivity contribution in [2.24, 2.45) is 11.1 Å². The zero-order valence-corrected chi connectivity index (χ0v) is 13.2. The molecule has 1 aromatic rings. The van der Waals surface area contributed by atoms with Crippen molar-refractivity contribution in [1.29, 1.82) is 0 Å². The minimum Gasteiger partial charge on any atom is -0.497 e. The average Bonchev–Trinajstić information content (AvgIpc) is 2.59. The molecule has 1 heterocycles. The van der Waals surface area contributed by atoms with Crippen molar-refractivity contribution >= 4 is 5.91 Å². The number of rotatable bonds is 6. The van der Waals surface area contributed by atoms with Crippen molar-refractivity contribution in [3.8, 4) is 11.5 Å². The van der Waals surface area contributed by atoms with Crippen molar-refractivity contribution in [1.82, 2.24) is 5.32 Å². The predicted molar refractivity (Wildman–Crippen MR) is 82.9 cm³/mol. The molecule has 0 atom stereocenters. The van der Waals surface area contributed by atoms with Gasteiger partial charge in [0.1, 0.15) is 11.5 Å². The van der Waals surface area contributed by atoms with Crippen LogP contribution in [-0.4, -0.2) is 39.9 Å². The highest BCUT2D eigenvalue weighted by atomic mass is 16.5. The van der Waals surface area contributed by atoms with E-state index in [1.54, 1.807) is 14.2 Å². The summed E-state index contributed by atoms with van der Waals surface area (Å²) in [5.74, 6) is 1.42. The SMILES string of the molecule is COc1ccc(OC)c(CNC(=O)C2(CN)CCOCC2)c1. The van der Waals surface area contributed by atoms with Crippen LogP contribution in [-0.2, 0) is 16.1 Å². The van der Waals surface area contributed by atoms with E-state index in [4.69, 9.17) is 19.9 Å². The fourth-order valence-corrected chi connectivity index (χ4v) is 2.67. The Labute approximate surface area is 130 Å². The first kappa shape index (κ1) is 16.6. The zero-order chi connectivity index (χ0) is 16.0. The van der Waals surface area contributed by atoms with E-state index >= 15 is 0 Å². The molecule has 0 aromatic heterocycles. The molecule has 0 radical (unpaired) electrons. The zero-order valence-electron chi connectivity index (χ0n) is 13.2. The molecule has 2 rings (SSSR count). The summed E-state index contributed by atoms with van der Waals surface area (Å²) >= 11 is 0. The minimum atomic E-state index is -0.523. The summed E-state index contributed by atoms with van der Waals surface area (Å²) in [5, 5.41) is 2.98. The number of nitrogens with one attached hydrogen (secondary N) is 1. The smallest absolute Gasteiger partial charge is 0.227 e. The molecule has 1 amide bonds. The molecule has 6 heteroatoms. The third kappa shape index (κ3) is 3.51. The molecule has 6 nitrogen and oxygen atoms in total. The van der Waals surface area contributed by atoms with Crippen LogP contribution >= 0.6 is 0 Å². The Morgan fingerprint density at radius 1 is 1.32 bits per heavy atom. The molecule has 1 fully saturated rings. The molecule has 0 aliphatic carbocycles. The monoisotopic (exact) mass is 308 g/mol. The van der Waals surface area contributed by atoms with Crippen LogP contribution in [0.15, 0.2) is 18.2 Å². The lowest BCUT2D eigenvalue weighted by atomic mass is 9.79. The summed E-state index contributed by atoms with van der Waals surface area (Å²) in [6.45, 7) is 1.86. The molecule has 1 saturated heterocycles. The molecule has 122 valence electrons. The number of carbonyl (C=O) groups is 1. The normalized spacial score (nSPS) is 16.9. The third-order valence-corrected chi connectivity index (χ3v) is 4.25. The van der Waals surface area contributed by atoms with Crippen molar-refractivity contribution < 1.29 is 19.0 Å². The predicted octanol–water partition coefficient (Wildman–Crippen LogP) is 1.08. The van der Waals surface area contributed by atoms with Crippen LogP contribution in [0.2, 0.25) is 0 Å². The lowest BCUT2D eigenvalue weighted by Crippen LogP contribution is -2.49. The van der Waals surface area contributed by atoms with E-state index in [-0.39, 0.29) is 5.91 Å². The second-order valence-corrected chi connectivity index (χ2v) is 5.46. The standard InChI is InChI=1S/C16H24N2O4/c1-20-13-3-4-14(21-2)12(9-13)10-18-15(19)16(11-17)5-7-22-8-6-16/h3-4,9H,5-8,10-11,17H2,1-2H3,(H,18,19). The number of carbonyl (C=O) groups excluding carboxylic acids is 1. The fourth-order valence-electron chi connectivity index (χ4n) is 2.67. The Morgan fingerprint density at radius 3 is 2.64 bits per heavy atom. The summed E-state index contributed by atoms with van der Waals surface area (Å²) in [5.41, 5.74) is 6.20. The maximum Gasteiger partial charge on any atom is 0.227 e. The summed E-state index contributed by atoms with van der Waals surface area (Å²) < 4.78 is 15.9. The Morgan fingerprint density at radius 2 is 2.05 bits per heavy atom. The number of ether oxygens (including phenoxy) is 3. The highest BCUT2D eigenvalue weighted by Crippen LogP contribution is 2.30. The van der Waals surface area contributed by atoms with Gasteiger partial charge in [0, 0.05) is 31.9 Å². The van der Waals surface area contributed by atoms with Gasteiger partial charge in [0.05, 0.1) is 19.6 Å². The van der Waals surface area contributed by atoms with Gasteiger partial charge in [-0.2, -0.15) is 0 Å². The van der Waals surface area contributed by atoms with Gasteiger partial charge < -0.3 is 25.3 Å². The van der Waals surface area contributed by atoms with Gasteiger partial charge in [0.25, 0.3) is 0 Å². The number of nitrogens with two attached hydrogens (primary N) is 1. The van der Waals surface area contributed by atoms with Crippen LogP contribution in [0.5, 0.6) is 11.5 Å². The van der Waals surface area contributed by atoms with Crippen LogP contribution < -0.4 is 20.5 Å². The van der Waals surface area contributed by atoms with Crippen molar-refractivity contribution in [3.63, 3.8) is 0 Å². The van der Waals surface area contributed by atoms with Crippen molar-refractivity contribution in [2.75, 3.05) is 34.0 Å². The number of benzene rings is 1. The van der Waals surface area contributed by atoms with E-state index in [2.05, 4.69) is 5.32 Å². The number of hydrogen-bond acceptors (Lipinski definition) is 5. The first-order valence-electron chi connectivity index (χ1n) is 7.42. The molecule has 1 aliphatic heterocycles. The topological polar surface area (TPSA) is 82.8 Å². The average molecular weight is 308 g/mol. The van der Waals surface area contributed by atoms with Crippen LogP contribution in [0, 0.1) is 5.41 Å². The van der Waals surface area contributed by atoms with Gasteiger partial charge in [-0.3, -0.25) is 4.79 Å². The Balaban J connectivity index is 2.06. The fraction of sp³-hybridized carbons (Fsp3) is 0.562. The summed E-state index contributed by atoms with van der Waals surface area (Å²) in [6, 6.07) is 5.51. The van der Waals surface area contributed by atoms with E-state index in [9.17, 15) is 4.79 Å². The van der Waals surface area contributed by atoms with E-state index < -0.39 is 5.41 Å². The van der Waals surface area contributed by atoms with Crippen molar-refractivity contribution in [3.05, 3.63) is 23.8 Å². The van der Waals surface area contributed by atoms with E-state index in [0.29, 0.717) is 39.1 Å². The van der Waals surface area contributed by atoms with Gasteiger partial charge in [0.15, 0.2) is 0 Å². The van der Waals surface area contributed by atoms with Gasteiger partial charge in [-0.1, -0.05) is 0 Å². The van der Waals surface area contributed by atoms with Gasteiger partial charge in [0.2, 0.25) is 5.91 Å². The van der Waals surface area contributed by atoms with Gasteiger partial charge in [-0.25, -0.2) is 0 Å². The summed E-state index contributed by atoms with van der Waals surface area (Å²) in [4.78, 5) is 12.6. The first-order valence-corrected chi connectivity index (χ1v) is 7.42. The number of hydrogen-bond donors (Lipinski definition) is 2. The van der Waals surface area contributed by atoms with Crippen LogP contribution in [0.4, 0.5) is 0 Å². The second-order valence-electron chi connectivity index (χ2n) is 5.46. The third-order valence-electron chi connectivity index (χ3n) is 4.25. The molecule has 1 aliphatic rings. The minimum absolute atomic E-state index is 0.0248. The molecule has 0 spiro atoms. The van der Waals surface area contributed by atoms with E-state index in [0.717, 1.165) is 17.1 Å². The molecule has 0 unspecified atom stereocenters. The molecule has 0 bridgehead atoms. The molecule has 22 heavy (non-hydrogen) atoms. The van der Waals surface area contributed by atoms with Crippen LogP contribution in [0.25, 0.3) is 0 Å². The Hall–Kier alpha value is -1.79. The maximum atomic E-state index is 12.6. The quantitative estimate of drug-likeness (QED) is 0.821. The van der Waals surface area contributed by atoms with E-state index in [1.807, 2.05) is 18.2 Å². The Kier molecular flexibility index (Phi) is 5.63. The lowest BCUT2D eigenvalue weighted by Gasteiger charge is -2.34. The van der Waals surface area contributed by atoms with Crippen LogP contribution in [0.3, 0.4) is 0 Å². The van der Waals surface area contributed by atoms with Crippen LogP contribution in [0.1, 0.15) is 18.4 Å². The highest BCUT2D eigenvalue weighted by molar-refractivity contribution is 5.83. The van der Waals surface area contributed by atoms with Crippen molar-refractivity contribution in [2.45, 2.75) is 19.4 Å². The van der Waals surface area contributed by atoms with Gasteiger partial charge >= 0.3 is 0 Å². The summed E-state index contributed by atoms with van der Waals surface area (Å²) in [7, 11) is 3.21. The van der Waals surface area contributed by atoms with E-state index in [1.165, 1.54) is 0 Å². The largest absolute Gasteiger partial charge is 0.497 e. The molecular weight excluding hydrogens is 284 g/mol. The van der Waals surface area contributed by atoms with Gasteiger partial charge in [-0.15, -0.1) is 0 Å². The molecular formula is C16H24N2O4. The molecule has 1 aromatic carbocycles. The first-order chi connectivity index (χ1) is 10.6. The maximum absolute atomic E-state index is 12.6. The molecule has 3 N–H and O–H groups in total. The Bertz CT molecular complexity index is 513. The lowest BCUT2D eigenvalue weighted by molar-refractivity contribution is -0.136. The van der Waals surface area contributed by atoms with Gasteiger partial charge in [-0.05, 0) is 31.0 Å².